The number of carbonyl (C=O) groups is 1. The highest BCUT2D eigenvalue weighted by atomic mass is 16.4. The number of pyridine rings is 1. The summed E-state index contributed by atoms with van der Waals surface area (Å²) in [7, 11) is 0. The number of nitrogens with one attached hydrogen (secondary N) is 1. The van der Waals surface area contributed by atoms with Crippen molar-refractivity contribution in [3.63, 3.8) is 0 Å². The van der Waals surface area contributed by atoms with E-state index in [0.717, 1.165) is 6.42 Å². The maximum Gasteiger partial charge on any atom is 0.252 e. The molecule has 0 aliphatic carbocycles. The molecule has 15 heavy (non-hydrogen) atoms. The summed E-state index contributed by atoms with van der Waals surface area (Å²) in [6.07, 6.45) is 3.55. The summed E-state index contributed by atoms with van der Waals surface area (Å²) < 4.78 is 0. The van der Waals surface area contributed by atoms with Gasteiger partial charge < -0.3 is 10.5 Å². The van der Waals surface area contributed by atoms with Crippen molar-refractivity contribution < 1.29 is 10.0 Å². The highest BCUT2D eigenvalue weighted by Crippen LogP contribution is 1.98. The first-order valence-corrected chi connectivity index (χ1v) is 4.69. The predicted octanol–water partition coefficient (Wildman–Crippen LogP) is 1.03. The van der Waals surface area contributed by atoms with E-state index in [4.69, 9.17) is 5.21 Å². The van der Waals surface area contributed by atoms with Gasteiger partial charge in [-0.2, -0.15) is 0 Å². The number of rotatable bonds is 4. The maximum absolute atomic E-state index is 11.4. The van der Waals surface area contributed by atoms with Gasteiger partial charge in [-0.15, -0.1) is 0 Å². The Kier molecular flexibility index (Phi) is 4.28. The Hall–Kier alpha value is -1.91. The molecule has 0 saturated heterocycles. The number of oxime groups is 1. The maximum atomic E-state index is 11.4. The molecular weight excluding hydrogens is 194 g/mol. The van der Waals surface area contributed by atoms with Gasteiger partial charge in [0.2, 0.25) is 0 Å². The van der Waals surface area contributed by atoms with Crippen LogP contribution in [-0.4, -0.2) is 28.9 Å². The van der Waals surface area contributed by atoms with Crippen LogP contribution in [0.5, 0.6) is 0 Å². The van der Waals surface area contributed by atoms with Crippen LogP contribution in [0.1, 0.15) is 29.4 Å². The van der Waals surface area contributed by atoms with Gasteiger partial charge in [0.15, 0.2) is 0 Å². The summed E-state index contributed by atoms with van der Waals surface area (Å²) in [5, 5.41) is 13.8. The van der Waals surface area contributed by atoms with Gasteiger partial charge in [0, 0.05) is 12.7 Å². The van der Waals surface area contributed by atoms with E-state index in [-0.39, 0.29) is 5.91 Å². The molecule has 0 atom stereocenters. The van der Waals surface area contributed by atoms with Crippen LogP contribution in [0.4, 0.5) is 0 Å². The minimum Gasteiger partial charge on any atom is -0.411 e. The van der Waals surface area contributed by atoms with E-state index in [1.807, 2.05) is 6.92 Å². The van der Waals surface area contributed by atoms with E-state index in [9.17, 15) is 4.79 Å². The van der Waals surface area contributed by atoms with Gasteiger partial charge in [0.25, 0.3) is 5.91 Å². The van der Waals surface area contributed by atoms with Gasteiger partial charge in [-0.3, -0.25) is 9.78 Å². The normalized spacial score (nSPS) is 10.5. The van der Waals surface area contributed by atoms with Crippen LogP contribution < -0.4 is 5.32 Å². The first-order valence-electron chi connectivity index (χ1n) is 4.69. The molecule has 2 N–H and O–H groups in total. The zero-order chi connectivity index (χ0) is 11.1. The van der Waals surface area contributed by atoms with Crippen molar-refractivity contribution in [3.05, 3.63) is 29.6 Å². The van der Waals surface area contributed by atoms with Crippen molar-refractivity contribution in [2.24, 2.45) is 5.16 Å². The van der Waals surface area contributed by atoms with Gasteiger partial charge in [-0.25, -0.2) is 0 Å². The highest BCUT2D eigenvalue weighted by Gasteiger charge is 2.03. The van der Waals surface area contributed by atoms with Crippen molar-refractivity contribution in [3.8, 4) is 0 Å². The number of nitrogens with zero attached hydrogens (tertiary/aromatic N) is 2. The number of aromatic nitrogens is 1. The van der Waals surface area contributed by atoms with Gasteiger partial charge in [0.1, 0.15) is 0 Å². The minimum atomic E-state index is -0.142. The van der Waals surface area contributed by atoms with E-state index in [1.165, 1.54) is 12.4 Å². The molecule has 0 aliphatic rings. The van der Waals surface area contributed by atoms with E-state index >= 15 is 0 Å². The van der Waals surface area contributed by atoms with Crippen molar-refractivity contribution in [2.45, 2.75) is 13.3 Å². The molecule has 80 valence electrons. The second kappa shape index (κ2) is 5.74. The Bertz CT molecular complexity index is 346. The first-order chi connectivity index (χ1) is 7.27. The van der Waals surface area contributed by atoms with Crippen molar-refractivity contribution in [2.75, 3.05) is 6.54 Å². The van der Waals surface area contributed by atoms with Gasteiger partial charge in [0.05, 0.1) is 17.5 Å². The zero-order valence-electron chi connectivity index (χ0n) is 8.47. The Morgan fingerprint density at radius 1 is 1.67 bits per heavy atom. The van der Waals surface area contributed by atoms with Gasteiger partial charge in [-0.05, 0) is 18.6 Å². The van der Waals surface area contributed by atoms with Crippen LogP contribution in [-0.2, 0) is 0 Å². The Labute approximate surface area is 87.8 Å². The van der Waals surface area contributed by atoms with E-state index in [1.54, 1.807) is 12.1 Å². The molecule has 0 bridgehead atoms. The lowest BCUT2D eigenvalue weighted by Gasteiger charge is -2.02. The third-order valence-electron chi connectivity index (χ3n) is 1.77. The SMILES string of the molecule is CCCNC(=O)c1ccc(/C=N\O)nc1. The molecule has 5 heteroatoms. The third kappa shape index (κ3) is 3.38. The fraction of sp³-hybridized carbons (Fsp3) is 0.300. The molecule has 1 heterocycles. The molecular formula is C10H13N3O2. The molecule has 1 aromatic heterocycles. The average molecular weight is 207 g/mol. The molecule has 0 saturated carbocycles. The summed E-state index contributed by atoms with van der Waals surface area (Å²) in [6, 6.07) is 3.25. The molecule has 0 fully saturated rings. The second-order valence-corrected chi connectivity index (χ2v) is 2.97. The zero-order valence-corrected chi connectivity index (χ0v) is 8.47. The molecule has 1 aromatic rings. The van der Waals surface area contributed by atoms with Crippen molar-refractivity contribution in [1.29, 1.82) is 0 Å². The minimum absolute atomic E-state index is 0.142. The monoisotopic (exact) mass is 207 g/mol. The number of amides is 1. The molecule has 0 radical (unpaired) electrons. The fourth-order valence-electron chi connectivity index (χ4n) is 1.02. The van der Waals surface area contributed by atoms with E-state index in [0.29, 0.717) is 17.8 Å². The van der Waals surface area contributed by atoms with Crippen LogP contribution in [0.25, 0.3) is 0 Å². The van der Waals surface area contributed by atoms with Crippen LogP contribution >= 0.6 is 0 Å². The van der Waals surface area contributed by atoms with Crippen LogP contribution in [0.3, 0.4) is 0 Å². The fourth-order valence-corrected chi connectivity index (χ4v) is 1.02. The van der Waals surface area contributed by atoms with Crippen molar-refractivity contribution >= 4 is 12.1 Å². The summed E-state index contributed by atoms with van der Waals surface area (Å²) in [5.41, 5.74) is 1.00. The smallest absolute Gasteiger partial charge is 0.252 e. The van der Waals surface area contributed by atoms with Gasteiger partial charge in [-0.1, -0.05) is 12.1 Å². The summed E-state index contributed by atoms with van der Waals surface area (Å²) in [5.74, 6) is -0.142. The lowest BCUT2D eigenvalue weighted by Crippen LogP contribution is -2.24. The van der Waals surface area contributed by atoms with Crippen LogP contribution in [0.15, 0.2) is 23.5 Å². The first kappa shape index (κ1) is 11.2. The number of hydrogen-bond acceptors (Lipinski definition) is 4. The molecule has 1 amide bonds. The van der Waals surface area contributed by atoms with E-state index < -0.39 is 0 Å². The molecule has 5 nitrogen and oxygen atoms in total. The standard InChI is InChI=1S/C10H13N3O2/c1-2-5-11-10(14)8-3-4-9(7-13-15)12-6-8/h3-4,6-7,15H,2,5H2,1H3,(H,11,14)/b13-7-. The van der Waals surface area contributed by atoms with Gasteiger partial charge >= 0.3 is 0 Å². The average Bonchev–Trinajstić information content (AvgIpc) is 2.27. The Morgan fingerprint density at radius 3 is 3.00 bits per heavy atom. The number of carbonyl (C=O) groups excluding carboxylic acids is 1. The van der Waals surface area contributed by atoms with Crippen LogP contribution in [0.2, 0.25) is 0 Å². The molecule has 0 unspecified atom stereocenters. The quantitative estimate of drug-likeness (QED) is 0.440. The molecule has 0 spiro atoms. The second-order valence-electron chi connectivity index (χ2n) is 2.97. The topological polar surface area (TPSA) is 74.6 Å². The lowest BCUT2D eigenvalue weighted by atomic mass is 10.2. The Balaban J connectivity index is 2.66. The third-order valence-corrected chi connectivity index (χ3v) is 1.77. The van der Waals surface area contributed by atoms with Crippen molar-refractivity contribution in [1.82, 2.24) is 10.3 Å². The summed E-state index contributed by atoms with van der Waals surface area (Å²) in [6.45, 7) is 2.64. The highest BCUT2D eigenvalue weighted by molar-refractivity contribution is 5.94. The van der Waals surface area contributed by atoms with E-state index in [2.05, 4.69) is 15.5 Å². The summed E-state index contributed by atoms with van der Waals surface area (Å²) in [4.78, 5) is 15.4. The molecule has 0 aromatic carbocycles. The van der Waals surface area contributed by atoms with Crippen LogP contribution in [0, 0.1) is 0 Å². The summed E-state index contributed by atoms with van der Waals surface area (Å²) >= 11 is 0. The predicted molar refractivity (Wildman–Crippen MR) is 56.2 cm³/mol. The molecule has 1 rings (SSSR count). The Morgan fingerprint density at radius 2 is 2.47 bits per heavy atom. The largest absolute Gasteiger partial charge is 0.411 e. The number of hydrogen-bond donors (Lipinski definition) is 2. The lowest BCUT2D eigenvalue weighted by molar-refractivity contribution is 0.0953. The molecule has 0 aliphatic heterocycles.